The van der Waals surface area contributed by atoms with Crippen LogP contribution in [-0.4, -0.2) is 142 Å². The third-order valence-electron chi connectivity index (χ3n) is 8.68. The van der Waals surface area contributed by atoms with Gasteiger partial charge in [0.2, 0.25) is 47.3 Å². The van der Waals surface area contributed by atoms with Crippen LogP contribution >= 0.6 is 0 Å². The Hall–Kier alpha value is -6.93. The lowest BCUT2D eigenvalue weighted by Crippen LogP contribution is -2.60. The van der Waals surface area contributed by atoms with Crippen LogP contribution in [0.2, 0.25) is 0 Å². The molecule has 0 aliphatic rings. The second-order valence-corrected chi connectivity index (χ2v) is 13.9. The molecule has 7 atom stereocenters. The van der Waals surface area contributed by atoms with E-state index in [4.69, 9.17) is 39.5 Å². The van der Waals surface area contributed by atoms with Crippen LogP contribution < -0.4 is 66.3 Å². The minimum absolute atomic E-state index is 0.0133. The Morgan fingerprint density at radius 2 is 1.00 bits per heavy atom. The summed E-state index contributed by atoms with van der Waals surface area (Å²) in [4.78, 5) is 131. The molecule has 62 heavy (non-hydrogen) atoms. The highest BCUT2D eigenvalue weighted by Gasteiger charge is 2.34. The van der Waals surface area contributed by atoms with E-state index in [1.54, 1.807) is 30.3 Å². The predicted octanol–water partition coefficient (Wildman–Crippen LogP) is -7.05. The number of benzene rings is 1. The number of aliphatic carboxylic acids is 2. The van der Waals surface area contributed by atoms with Gasteiger partial charge in [0.1, 0.15) is 36.3 Å². The molecule has 344 valence electrons. The number of unbranched alkanes of at least 4 members (excludes halogenated alkanes) is 1. The van der Waals surface area contributed by atoms with Crippen molar-refractivity contribution in [3.8, 4) is 0 Å². The molecule has 0 saturated carbocycles. The monoisotopic (exact) mass is 879 g/mol. The molecule has 0 radical (unpaired) electrons. The maximum atomic E-state index is 13.9. The number of nitrogens with one attached hydrogen (secondary N) is 6. The van der Waals surface area contributed by atoms with Gasteiger partial charge in [-0.3, -0.25) is 48.1 Å². The fourth-order valence-electron chi connectivity index (χ4n) is 5.52. The van der Waals surface area contributed by atoms with Gasteiger partial charge in [0.15, 0.2) is 5.96 Å². The summed E-state index contributed by atoms with van der Waals surface area (Å²) in [5.74, 6) is -12.0. The Morgan fingerprint density at radius 1 is 0.565 bits per heavy atom. The minimum Gasteiger partial charge on any atom is -0.481 e. The Bertz CT molecular complexity index is 1760. The van der Waals surface area contributed by atoms with E-state index in [-0.39, 0.29) is 51.2 Å². The zero-order valence-corrected chi connectivity index (χ0v) is 33.7. The van der Waals surface area contributed by atoms with Crippen molar-refractivity contribution < 1.29 is 63.3 Å². The first kappa shape index (κ1) is 53.1. The van der Waals surface area contributed by atoms with Crippen LogP contribution in [-0.2, 0) is 54.4 Å². The molecule has 0 unspecified atom stereocenters. The second kappa shape index (κ2) is 27.8. The molecule has 8 amide bonds. The summed E-state index contributed by atoms with van der Waals surface area (Å²) in [6, 6.07) is -3.14. The molecular weight excluding hydrogens is 822 g/mol. The van der Waals surface area contributed by atoms with E-state index in [0.29, 0.717) is 12.0 Å². The number of primary amides is 2. The number of aliphatic hydroxyl groups is 1. The van der Waals surface area contributed by atoms with Gasteiger partial charge in [0.25, 0.3) is 0 Å². The van der Waals surface area contributed by atoms with Crippen molar-refractivity contribution in [1.29, 1.82) is 0 Å². The summed E-state index contributed by atoms with van der Waals surface area (Å²) in [5, 5.41) is 41.6. The molecular formula is C36H57N13O13. The number of rotatable bonds is 30. The van der Waals surface area contributed by atoms with Crippen molar-refractivity contribution in [1.82, 2.24) is 31.9 Å². The van der Waals surface area contributed by atoms with Crippen molar-refractivity contribution in [2.75, 3.05) is 19.7 Å². The minimum atomic E-state index is -1.84. The highest BCUT2D eigenvalue weighted by atomic mass is 16.4. The standard InChI is InChI=1S/C36H57N13O13/c37-11-5-4-9-20(45-33(59)24(16-27(40)52)48-34(60)23(15-26(39)51)46-29(55)19(38)14-28(53)54)30(56)44-21(10-6-12-43-36(41)42)31(57)47-22(13-18-7-2-1-3-8-18)32(58)49-25(17-50)35(61)62/h1-3,7-8,19-25,50H,4-6,9-17,37-38H2,(H2,39,51)(H2,40,52)(H,44,56)(H,45,59)(H,46,55)(H,47,57)(H,48,60)(H,49,58)(H,53,54)(H,61,62)(H4,41,42,43)/t19-,20-,21-,22-,23-,24-,25-/m0/s1. The van der Waals surface area contributed by atoms with Gasteiger partial charge < -0.3 is 81.6 Å². The van der Waals surface area contributed by atoms with Gasteiger partial charge in [-0.25, -0.2) is 4.79 Å². The summed E-state index contributed by atoms with van der Waals surface area (Å²) < 4.78 is 0. The van der Waals surface area contributed by atoms with Crippen molar-refractivity contribution in [3.63, 3.8) is 0 Å². The maximum Gasteiger partial charge on any atom is 0.328 e. The van der Waals surface area contributed by atoms with Crippen molar-refractivity contribution in [2.45, 2.75) is 100 Å². The molecule has 0 aliphatic heterocycles. The summed E-state index contributed by atoms with van der Waals surface area (Å²) in [5.41, 5.74) is 33.1. The number of aliphatic imine (C=N–C) groups is 1. The number of nitrogens with zero attached hydrogens (tertiary/aromatic N) is 1. The molecule has 0 aromatic heterocycles. The molecule has 1 aromatic rings. The van der Waals surface area contributed by atoms with Crippen molar-refractivity contribution in [2.24, 2.45) is 39.4 Å². The first-order valence-electron chi connectivity index (χ1n) is 19.2. The Morgan fingerprint density at radius 3 is 1.45 bits per heavy atom. The first-order chi connectivity index (χ1) is 29.2. The molecule has 0 saturated heterocycles. The summed E-state index contributed by atoms with van der Waals surface area (Å²) in [6.07, 6.45) is -2.35. The number of guanidine groups is 1. The van der Waals surface area contributed by atoms with Gasteiger partial charge >= 0.3 is 11.9 Å². The Kier molecular flexibility index (Phi) is 23.8. The molecule has 0 bridgehead atoms. The van der Waals surface area contributed by atoms with Gasteiger partial charge in [-0.1, -0.05) is 30.3 Å². The normalized spacial score (nSPS) is 14.1. The molecule has 0 spiro atoms. The predicted molar refractivity (Wildman–Crippen MR) is 217 cm³/mol. The van der Waals surface area contributed by atoms with Crippen LogP contribution in [0.3, 0.4) is 0 Å². The molecule has 0 aliphatic carbocycles. The fourth-order valence-corrected chi connectivity index (χ4v) is 5.52. The van der Waals surface area contributed by atoms with Gasteiger partial charge in [-0.05, 0) is 44.2 Å². The summed E-state index contributed by atoms with van der Waals surface area (Å²) in [6.45, 7) is -0.808. The van der Waals surface area contributed by atoms with Crippen molar-refractivity contribution >= 4 is 65.2 Å². The largest absolute Gasteiger partial charge is 0.481 e. The average molecular weight is 880 g/mol. The third-order valence-corrected chi connectivity index (χ3v) is 8.68. The quantitative estimate of drug-likeness (QED) is 0.0194. The number of amides is 8. The molecule has 26 heteroatoms. The zero-order valence-electron chi connectivity index (χ0n) is 33.7. The number of nitrogens with two attached hydrogens (primary N) is 6. The summed E-state index contributed by atoms with van der Waals surface area (Å²) in [7, 11) is 0. The second-order valence-electron chi connectivity index (χ2n) is 13.9. The third kappa shape index (κ3) is 20.9. The lowest BCUT2D eigenvalue weighted by molar-refractivity contribution is -0.143. The van der Waals surface area contributed by atoms with E-state index < -0.39 is 127 Å². The van der Waals surface area contributed by atoms with E-state index in [1.807, 2.05) is 0 Å². The maximum absolute atomic E-state index is 13.9. The molecule has 1 rings (SSSR count). The summed E-state index contributed by atoms with van der Waals surface area (Å²) >= 11 is 0. The van der Waals surface area contributed by atoms with E-state index in [1.165, 1.54) is 0 Å². The Labute approximate surface area is 355 Å². The smallest absolute Gasteiger partial charge is 0.328 e. The number of carboxylic acids is 2. The highest BCUT2D eigenvalue weighted by Crippen LogP contribution is 2.09. The van der Waals surface area contributed by atoms with Crippen LogP contribution in [0.1, 0.15) is 56.9 Å². The molecule has 21 N–H and O–H groups in total. The number of carbonyl (C=O) groups excluding carboxylic acids is 8. The lowest BCUT2D eigenvalue weighted by Gasteiger charge is -2.27. The Balaban J connectivity index is 3.49. The van der Waals surface area contributed by atoms with Gasteiger partial charge in [-0.2, -0.15) is 0 Å². The topological polar surface area (TPSA) is 472 Å². The van der Waals surface area contributed by atoms with Gasteiger partial charge in [0.05, 0.1) is 31.9 Å². The van der Waals surface area contributed by atoms with Crippen molar-refractivity contribution in [3.05, 3.63) is 35.9 Å². The molecule has 26 nitrogen and oxygen atoms in total. The highest BCUT2D eigenvalue weighted by molar-refractivity contribution is 5.99. The van der Waals surface area contributed by atoms with E-state index in [9.17, 15) is 58.2 Å². The van der Waals surface area contributed by atoms with Crippen LogP contribution in [0.5, 0.6) is 0 Å². The number of aliphatic hydroxyl groups excluding tert-OH is 1. The van der Waals surface area contributed by atoms with E-state index >= 15 is 0 Å². The lowest BCUT2D eigenvalue weighted by atomic mass is 10.0. The van der Waals surface area contributed by atoms with Crippen LogP contribution in [0.15, 0.2) is 35.3 Å². The van der Waals surface area contributed by atoms with Crippen LogP contribution in [0, 0.1) is 0 Å². The molecule has 1 aromatic carbocycles. The van der Waals surface area contributed by atoms with E-state index in [2.05, 4.69) is 36.9 Å². The molecule has 0 fully saturated rings. The van der Waals surface area contributed by atoms with Gasteiger partial charge in [-0.15, -0.1) is 0 Å². The van der Waals surface area contributed by atoms with Crippen LogP contribution in [0.4, 0.5) is 0 Å². The first-order valence-corrected chi connectivity index (χ1v) is 19.2. The number of carboxylic acid groups (broad SMARTS) is 2. The number of carbonyl (C=O) groups is 10. The number of hydrogen-bond donors (Lipinski definition) is 15. The zero-order chi connectivity index (χ0) is 46.9. The fraction of sp³-hybridized carbons (Fsp3) is 0.528. The van der Waals surface area contributed by atoms with E-state index in [0.717, 1.165) is 0 Å². The van der Waals surface area contributed by atoms with Gasteiger partial charge in [0, 0.05) is 13.0 Å². The SMILES string of the molecule is NCCCC[C@H](NC(=O)[C@H](CC(N)=O)NC(=O)[C@H](CC(N)=O)NC(=O)[C@@H](N)CC(=O)O)C(=O)N[C@@H](CCCN=C(N)N)C(=O)N[C@@H](Cc1ccccc1)C(=O)N[C@@H](CO)C(=O)O. The number of hydrogen-bond acceptors (Lipinski definition) is 14. The van der Waals surface area contributed by atoms with Crippen LogP contribution in [0.25, 0.3) is 0 Å². The molecule has 0 heterocycles. The average Bonchev–Trinajstić information content (AvgIpc) is 3.19.